The Labute approximate surface area is 132 Å². The first-order chi connectivity index (χ1) is 10.6. The van der Waals surface area contributed by atoms with Crippen molar-refractivity contribution in [1.82, 2.24) is 4.90 Å². The van der Waals surface area contributed by atoms with Gasteiger partial charge in [0.2, 0.25) is 5.91 Å². The van der Waals surface area contributed by atoms with Crippen molar-refractivity contribution in [3.8, 4) is 0 Å². The first kappa shape index (κ1) is 16.2. The van der Waals surface area contributed by atoms with Crippen LogP contribution in [-0.4, -0.2) is 29.0 Å². The van der Waals surface area contributed by atoms with Crippen molar-refractivity contribution >= 4 is 5.91 Å². The molecule has 22 heavy (non-hydrogen) atoms. The van der Waals surface area contributed by atoms with Gasteiger partial charge >= 0.3 is 0 Å². The van der Waals surface area contributed by atoms with Crippen LogP contribution in [0.1, 0.15) is 30.6 Å². The second-order valence-electron chi connectivity index (χ2n) is 5.59. The molecule has 1 N–H and O–H groups in total. The molecule has 0 radical (unpaired) electrons. The molecule has 0 aliphatic heterocycles. The van der Waals surface area contributed by atoms with E-state index in [9.17, 15) is 9.90 Å². The number of benzene rings is 2. The lowest BCUT2D eigenvalue weighted by atomic mass is 10.0. The fourth-order valence-corrected chi connectivity index (χ4v) is 2.44. The Hall–Kier alpha value is -2.13. The van der Waals surface area contributed by atoms with Crippen LogP contribution in [0.3, 0.4) is 0 Å². The van der Waals surface area contributed by atoms with Gasteiger partial charge in [0, 0.05) is 13.5 Å². The zero-order chi connectivity index (χ0) is 15.9. The third kappa shape index (κ3) is 4.18. The third-order valence-corrected chi connectivity index (χ3v) is 4.07. The topological polar surface area (TPSA) is 40.5 Å². The molecule has 2 atom stereocenters. The number of aryl methyl sites for hydroxylation is 1. The van der Waals surface area contributed by atoms with Gasteiger partial charge in [-0.3, -0.25) is 4.79 Å². The van der Waals surface area contributed by atoms with E-state index in [2.05, 4.69) is 0 Å². The minimum Gasteiger partial charge on any atom is -0.386 e. The lowest BCUT2D eigenvalue weighted by Gasteiger charge is -2.29. The molecule has 2 aromatic rings. The van der Waals surface area contributed by atoms with Crippen LogP contribution in [0, 0.1) is 0 Å². The summed E-state index contributed by atoms with van der Waals surface area (Å²) >= 11 is 0. The summed E-state index contributed by atoms with van der Waals surface area (Å²) in [6.45, 7) is 1.87. The summed E-state index contributed by atoms with van der Waals surface area (Å²) in [5, 5.41) is 10.4. The molecule has 3 heteroatoms. The average Bonchev–Trinajstić information content (AvgIpc) is 2.59. The molecule has 3 nitrogen and oxygen atoms in total. The molecule has 0 aliphatic carbocycles. The largest absolute Gasteiger partial charge is 0.386 e. The summed E-state index contributed by atoms with van der Waals surface area (Å²) in [5.74, 6) is 0.0475. The molecule has 116 valence electrons. The second kappa shape index (κ2) is 7.76. The Kier molecular flexibility index (Phi) is 5.73. The van der Waals surface area contributed by atoms with Crippen LogP contribution >= 0.6 is 0 Å². The van der Waals surface area contributed by atoms with Gasteiger partial charge < -0.3 is 10.0 Å². The number of likely N-dealkylation sites (N-methyl/N-ethyl adjacent to an activating group) is 1. The number of hydrogen-bond acceptors (Lipinski definition) is 2. The van der Waals surface area contributed by atoms with E-state index < -0.39 is 6.10 Å². The van der Waals surface area contributed by atoms with Gasteiger partial charge in [-0.25, -0.2) is 0 Å². The molecule has 0 aliphatic rings. The van der Waals surface area contributed by atoms with Crippen molar-refractivity contribution in [3.05, 3.63) is 71.8 Å². The fourth-order valence-electron chi connectivity index (χ4n) is 2.44. The van der Waals surface area contributed by atoms with Crippen molar-refractivity contribution in [2.45, 2.75) is 31.9 Å². The molecule has 0 spiro atoms. The lowest BCUT2D eigenvalue weighted by molar-refractivity contribution is -0.133. The van der Waals surface area contributed by atoms with Crippen LogP contribution < -0.4 is 0 Å². The molecular formula is C19H23NO2. The first-order valence-electron chi connectivity index (χ1n) is 7.62. The molecule has 0 saturated heterocycles. The van der Waals surface area contributed by atoms with E-state index in [-0.39, 0.29) is 11.9 Å². The maximum Gasteiger partial charge on any atom is 0.222 e. The highest BCUT2D eigenvalue weighted by atomic mass is 16.3. The van der Waals surface area contributed by atoms with E-state index in [4.69, 9.17) is 0 Å². The monoisotopic (exact) mass is 297 g/mol. The zero-order valence-corrected chi connectivity index (χ0v) is 13.1. The molecule has 1 amide bonds. The number of carbonyl (C=O) groups is 1. The standard InChI is InChI=1S/C19H23NO2/c1-15(19(22)17-11-7-4-8-12-17)20(2)18(21)14-13-16-9-5-3-6-10-16/h3-12,15,19,22H,13-14H2,1-2H3/t15-,19+/m0/s1. The maximum absolute atomic E-state index is 12.3. The Balaban J connectivity index is 1.92. The average molecular weight is 297 g/mol. The summed E-state index contributed by atoms with van der Waals surface area (Å²) < 4.78 is 0. The molecule has 0 fully saturated rings. The van der Waals surface area contributed by atoms with Gasteiger partial charge in [-0.15, -0.1) is 0 Å². The van der Waals surface area contributed by atoms with Gasteiger partial charge in [-0.05, 0) is 24.5 Å². The quantitative estimate of drug-likeness (QED) is 0.889. The molecule has 0 heterocycles. The number of hydrogen-bond donors (Lipinski definition) is 1. The van der Waals surface area contributed by atoms with Crippen LogP contribution in [0.15, 0.2) is 60.7 Å². The molecular weight excluding hydrogens is 274 g/mol. The molecule has 0 saturated carbocycles. The summed E-state index contributed by atoms with van der Waals surface area (Å²) in [6.07, 6.45) is 0.497. The van der Waals surface area contributed by atoms with Crippen molar-refractivity contribution in [3.63, 3.8) is 0 Å². The zero-order valence-electron chi connectivity index (χ0n) is 13.1. The van der Waals surface area contributed by atoms with Crippen LogP contribution in [0.4, 0.5) is 0 Å². The maximum atomic E-state index is 12.3. The minimum absolute atomic E-state index is 0.0475. The second-order valence-corrected chi connectivity index (χ2v) is 5.59. The summed E-state index contributed by atoms with van der Waals surface area (Å²) in [6, 6.07) is 19.2. The van der Waals surface area contributed by atoms with Crippen molar-refractivity contribution in [2.24, 2.45) is 0 Å². The van der Waals surface area contributed by atoms with Gasteiger partial charge in [-0.2, -0.15) is 0 Å². The number of carbonyl (C=O) groups excluding carboxylic acids is 1. The van der Waals surface area contributed by atoms with Crippen LogP contribution in [0.5, 0.6) is 0 Å². The van der Waals surface area contributed by atoms with Gasteiger partial charge in [0.15, 0.2) is 0 Å². The highest BCUT2D eigenvalue weighted by molar-refractivity contribution is 5.76. The lowest BCUT2D eigenvalue weighted by Crippen LogP contribution is -2.39. The Morgan fingerprint density at radius 3 is 2.18 bits per heavy atom. The van der Waals surface area contributed by atoms with Crippen LogP contribution in [0.25, 0.3) is 0 Å². The number of aliphatic hydroxyl groups is 1. The Bertz CT molecular complexity index is 583. The molecule has 0 unspecified atom stereocenters. The Morgan fingerprint density at radius 2 is 1.59 bits per heavy atom. The highest BCUT2D eigenvalue weighted by Gasteiger charge is 2.23. The predicted octanol–water partition coefficient (Wildman–Crippen LogP) is 3.20. The van der Waals surface area contributed by atoms with Gasteiger partial charge in [0.1, 0.15) is 0 Å². The number of aliphatic hydroxyl groups excluding tert-OH is 1. The van der Waals surface area contributed by atoms with E-state index in [1.165, 1.54) is 0 Å². The van der Waals surface area contributed by atoms with Crippen molar-refractivity contribution in [2.75, 3.05) is 7.05 Å². The van der Waals surface area contributed by atoms with Crippen LogP contribution in [0.2, 0.25) is 0 Å². The van der Waals surface area contributed by atoms with Gasteiger partial charge in [0.25, 0.3) is 0 Å². The molecule has 0 aromatic heterocycles. The minimum atomic E-state index is -0.674. The Morgan fingerprint density at radius 1 is 1.05 bits per heavy atom. The molecule has 0 bridgehead atoms. The normalized spacial score (nSPS) is 13.4. The van der Waals surface area contributed by atoms with Crippen molar-refractivity contribution < 1.29 is 9.90 Å². The first-order valence-corrected chi connectivity index (χ1v) is 7.62. The third-order valence-electron chi connectivity index (χ3n) is 4.07. The van der Waals surface area contributed by atoms with E-state index in [0.29, 0.717) is 6.42 Å². The van der Waals surface area contributed by atoms with E-state index in [1.807, 2.05) is 67.6 Å². The number of nitrogens with zero attached hydrogens (tertiary/aromatic N) is 1. The molecule has 2 aromatic carbocycles. The van der Waals surface area contributed by atoms with E-state index in [1.54, 1.807) is 11.9 Å². The predicted molar refractivity (Wildman–Crippen MR) is 88.4 cm³/mol. The van der Waals surface area contributed by atoms with Gasteiger partial charge in [-0.1, -0.05) is 60.7 Å². The number of amides is 1. The smallest absolute Gasteiger partial charge is 0.222 e. The fraction of sp³-hybridized carbons (Fsp3) is 0.316. The highest BCUT2D eigenvalue weighted by Crippen LogP contribution is 2.20. The van der Waals surface area contributed by atoms with E-state index >= 15 is 0 Å². The van der Waals surface area contributed by atoms with Crippen LogP contribution in [-0.2, 0) is 11.2 Å². The SMILES string of the molecule is C[C@@H]([C@@H](O)c1ccccc1)N(C)C(=O)CCc1ccccc1. The van der Waals surface area contributed by atoms with Gasteiger partial charge in [0.05, 0.1) is 12.1 Å². The summed E-state index contributed by atoms with van der Waals surface area (Å²) in [7, 11) is 1.75. The molecule has 2 rings (SSSR count). The summed E-state index contributed by atoms with van der Waals surface area (Å²) in [5.41, 5.74) is 1.98. The van der Waals surface area contributed by atoms with Crippen molar-refractivity contribution in [1.29, 1.82) is 0 Å². The number of rotatable bonds is 6. The summed E-state index contributed by atoms with van der Waals surface area (Å²) in [4.78, 5) is 13.9. The van der Waals surface area contributed by atoms with E-state index in [0.717, 1.165) is 17.5 Å².